The van der Waals surface area contributed by atoms with Gasteiger partial charge >= 0.3 is 0 Å². The van der Waals surface area contributed by atoms with Gasteiger partial charge in [0.25, 0.3) is 0 Å². The highest BCUT2D eigenvalue weighted by molar-refractivity contribution is 6.31. The summed E-state index contributed by atoms with van der Waals surface area (Å²) in [5.74, 6) is 0.839. The number of hydrogen-bond donors (Lipinski definition) is 1. The number of rotatable bonds is 3. The summed E-state index contributed by atoms with van der Waals surface area (Å²) >= 11 is 6.05. The van der Waals surface area contributed by atoms with Crippen LogP contribution in [0.3, 0.4) is 0 Å². The van der Waals surface area contributed by atoms with Crippen molar-refractivity contribution < 1.29 is 4.42 Å². The predicted octanol–water partition coefficient (Wildman–Crippen LogP) is 3.44. The van der Waals surface area contributed by atoms with Crippen molar-refractivity contribution in [1.29, 1.82) is 0 Å². The summed E-state index contributed by atoms with van der Waals surface area (Å²) in [6.07, 6.45) is 6.08. The third-order valence-corrected chi connectivity index (χ3v) is 5.55. The fourth-order valence-electron chi connectivity index (χ4n) is 3.75. The van der Waals surface area contributed by atoms with Crippen LogP contribution in [0.5, 0.6) is 0 Å². The van der Waals surface area contributed by atoms with E-state index in [2.05, 4.69) is 14.9 Å². The number of nitrogen functional groups attached to an aromatic ring is 1. The topological polar surface area (TPSA) is 98.1 Å². The fraction of sp³-hybridized carbons (Fsp3) is 0.182. The van der Waals surface area contributed by atoms with Gasteiger partial charge < -0.3 is 10.2 Å². The number of anilines is 1. The molecule has 0 atom stereocenters. The lowest BCUT2D eigenvalue weighted by atomic mass is 10.1. The Labute approximate surface area is 177 Å². The van der Waals surface area contributed by atoms with Crippen LogP contribution in [0.4, 0.5) is 5.88 Å². The summed E-state index contributed by atoms with van der Waals surface area (Å²) in [7, 11) is 0. The van der Waals surface area contributed by atoms with E-state index in [-0.39, 0.29) is 11.3 Å². The molecule has 4 aromatic rings. The molecule has 4 heterocycles. The Hall–Kier alpha value is -3.29. The van der Waals surface area contributed by atoms with Crippen molar-refractivity contribution in [2.24, 2.45) is 0 Å². The molecular formula is C22H18ClN5O2. The molecule has 0 unspecified atom stereocenters. The molecule has 8 heteroatoms. The zero-order chi connectivity index (χ0) is 20.7. The third-order valence-electron chi connectivity index (χ3n) is 5.31. The van der Waals surface area contributed by atoms with Crippen LogP contribution in [-0.2, 0) is 19.5 Å². The van der Waals surface area contributed by atoms with Crippen LogP contribution in [-0.4, -0.2) is 26.4 Å². The second kappa shape index (κ2) is 7.51. The predicted molar refractivity (Wildman–Crippen MR) is 115 cm³/mol. The van der Waals surface area contributed by atoms with Crippen molar-refractivity contribution in [3.05, 3.63) is 81.0 Å². The van der Waals surface area contributed by atoms with Gasteiger partial charge in [-0.05, 0) is 30.3 Å². The first-order valence-corrected chi connectivity index (χ1v) is 9.94. The van der Waals surface area contributed by atoms with E-state index in [1.807, 2.05) is 18.3 Å². The molecule has 5 rings (SSSR count). The minimum Gasteiger partial charge on any atom is -0.440 e. The molecular weight excluding hydrogens is 402 g/mol. The largest absolute Gasteiger partial charge is 0.440 e. The van der Waals surface area contributed by atoms with Crippen LogP contribution in [0.15, 0.2) is 58.1 Å². The highest BCUT2D eigenvalue weighted by Gasteiger charge is 2.22. The number of pyridine rings is 1. The van der Waals surface area contributed by atoms with Crippen molar-refractivity contribution in [1.82, 2.24) is 19.9 Å². The number of nitrogens with zero attached hydrogens (tertiary/aromatic N) is 4. The van der Waals surface area contributed by atoms with Gasteiger partial charge in [-0.1, -0.05) is 11.6 Å². The molecule has 30 heavy (non-hydrogen) atoms. The highest BCUT2D eigenvalue weighted by atomic mass is 35.5. The van der Waals surface area contributed by atoms with Gasteiger partial charge in [-0.25, -0.2) is 9.97 Å². The van der Waals surface area contributed by atoms with E-state index in [0.29, 0.717) is 40.5 Å². The Kier molecular flexibility index (Phi) is 4.69. The minimum atomic E-state index is -0.147. The maximum Gasteiger partial charge on any atom is 0.199 e. The van der Waals surface area contributed by atoms with E-state index in [1.165, 1.54) is 0 Å². The average Bonchev–Trinajstić information content (AvgIpc) is 2.77. The van der Waals surface area contributed by atoms with Crippen LogP contribution in [0, 0.1) is 0 Å². The first kappa shape index (κ1) is 18.7. The molecule has 1 aliphatic rings. The van der Waals surface area contributed by atoms with Crippen molar-refractivity contribution in [2.45, 2.75) is 19.5 Å². The van der Waals surface area contributed by atoms with Gasteiger partial charge in [0, 0.05) is 60.8 Å². The SMILES string of the molecule is Nc1oc2ccc(Cl)cc2c(=O)c1CN1CCc2nc(-c3ccncc3)ncc2C1. The average molecular weight is 420 g/mol. The molecule has 0 fully saturated rings. The Balaban J connectivity index is 1.41. The molecule has 150 valence electrons. The number of nitrogens with two attached hydrogens (primary N) is 1. The zero-order valence-electron chi connectivity index (χ0n) is 16.0. The van der Waals surface area contributed by atoms with E-state index in [1.54, 1.807) is 30.6 Å². The van der Waals surface area contributed by atoms with Gasteiger partial charge in [-0.2, -0.15) is 0 Å². The second-order valence-corrected chi connectivity index (χ2v) is 7.71. The number of hydrogen-bond acceptors (Lipinski definition) is 7. The summed E-state index contributed by atoms with van der Waals surface area (Å²) in [5, 5.41) is 0.925. The lowest BCUT2D eigenvalue weighted by Crippen LogP contribution is -2.33. The summed E-state index contributed by atoms with van der Waals surface area (Å²) in [5.41, 5.74) is 9.82. The van der Waals surface area contributed by atoms with Crippen LogP contribution < -0.4 is 11.2 Å². The van der Waals surface area contributed by atoms with Crippen molar-refractivity contribution in [2.75, 3.05) is 12.3 Å². The van der Waals surface area contributed by atoms with Gasteiger partial charge in [-0.15, -0.1) is 0 Å². The normalized spacial score (nSPS) is 14.0. The van der Waals surface area contributed by atoms with E-state index in [9.17, 15) is 4.79 Å². The van der Waals surface area contributed by atoms with Crippen LogP contribution >= 0.6 is 11.6 Å². The van der Waals surface area contributed by atoms with Gasteiger partial charge in [0.05, 0.1) is 16.6 Å². The Morgan fingerprint density at radius 1 is 1.20 bits per heavy atom. The summed E-state index contributed by atoms with van der Waals surface area (Å²) in [6, 6.07) is 8.74. The monoisotopic (exact) mass is 419 g/mol. The smallest absolute Gasteiger partial charge is 0.199 e. The van der Waals surface area contributed by atoms with E-state index in [4.69, 9.17) is 26.7 Å². The molecule has 7 nitrogen and oxygen atoms in total. The molecule has 2 N–H and O–H groups in total. The van der Waals surface area contributed by atoms with E-state index >= 15 is 0 Å². The number of fused-ring (bicyclic) bond motifs is 2. The van der Waals surface area contributed by atoms with Gasteiger partial charge in [0.1, 0.15) is 5.58 Å². The lowest BCUT2D eigenvalue weighted by molar-refractivity contribution is 0.241. The van der Waals surface area contributed by atoms with Gasteiger partial charge in [0.15, 0.2) is 17.1 Å². The zero-order valence-corrected chi connectivity index (χ0v) is 16.8. The Bertz CT molecular complexity index is 1310. The van der Waals surface area contributed by atoms with Crippen LogP contribution in [0.1, 0.15) is 16.8 Å². The lowest BCUT2D eigenvalue weighted by Gasteiger charge is -2.28. The second-order valence-electron chi connectivity index (χ2n) is 7.28. The first-order chi connectivity index (χ1) is 14.6. The molecule has 0 amide bonds. The number of aromatic nitrogens is 3. The van der Waals surface area contributed by atoms with Crippen LogP contribution in [0.2, 0.25) is 5.02 Å². The van der Waals surface area contributed by atoms with Crippen molar-refractivity contribution in [3.63, 3.8) is 0 Å². The Morgan fingerprint density at radius 2 is 2.03 bits per heavy atom. The van der Waals surface area contributed by atoms with E-state index in [0.717, 1.165) is 29.8 Å². The van der Waals surface area contributed by atoms with Crippen molar-refractivity contribution in [3.8, 4) is 11.4 Å². The molecule has 0 aliphatic carbocycles. The fourth-order valence-corrected chi connectivity index (χ4v) is 3.92. The molecule has 1 aliphatic heterocycles. The third kappa shape index (κ3) is 3.42. The van der Waals surface area contributed by atoms with E-state index < -0.39 is 0 Å². The highest BCUT2D eigenvalue weighted by Crippen LogP contribution is 2.25. The van der Waals surface area contributed by atoms with Crippen LogP contribution in [0.25, 0.3) is 22.4 Å². The molecule has 3 aromatic heterocycles. The van der Waals surface area contributed by atoms with Crippen molar-refractivity contribution >= 4 is 28.5 Å². The maximum atomic E-state index is 13.0. The van der Waals surface area contributed by atoms with Gasteiger partial charge in [0.2, 0.25) is 0 Å². The molecule has 1 aromatic carbocycles. The molecule has 0 saturated carbocycles. The minimum absolute atomic E-state index is 0.143. The first-order valence-electron chi connectivity index (χ1n) is 9.57. The molecule has 0 radical (unpaired) electrons. The Morgan fingerprint density at radius 3 is 2.87 bits per heavy atom. The quantitative estimate of drug-likeness (QED) is 0.543. The number of halogens is 1. The molecule has 0 bridgehead atoms. The molecule has 0 spiro atoms. The standard InChI is InChI=1S/C22H18ClN5O2/c23-15-1-2-19-16(9-15)20(29)17(21(24)30-19)12-28-8-5-18-14(11-28)10-26-22(27-18)13-3-6-25-7-4-13/h1-4,6-7,9-10H,5,8,11-12,24H2. The number of benzene rings is 1. The summed E-state index contributed by atoms with van der Waals surface area (Å²) < 4.78 is 5.67. The maximum absolute atomic E-state index is 13.0. The summed E-state index contributed by atoms with van der Waals surface area (Å²) in [4.78, 5) is 28.4. The summed E-state index contributed by atoms with van der Waals surface area (Å²) in [6.45, 7) is 1.78. The molecule has 0 saturated heterocycles. The van der Waals surface area contributed by atoms with Gasteiger partial charge in [-0.3, -0.25) is 14.7 Å².